The van der Waals surface area contributed by atoms with Crippen molar-refractivity contribution in [1.29, 1.82) is 0 Å². The quantitative estimate of drug-likeness (QED) is 0.600. The van der Waals surface area contributed by atoms with Crippen LogP contribution in [0.2, 0.25) is 0 Å². The third-order valence-corrected chi connectivity index (χ3v) is 7.57. The second-order valence-corrected chi connectivity index (χ2v) is 10.1. The molecule has 0 radical (unpaired) electrons. The minimum absolute atomic E-state index is 0.0852. The molecule has 0 unspecified atom stereocenters. The van der Waals surface area contributed by atoms with Crippen molar-refractivity contribution in [3.8, 4) is 16.8 Å². The Kier molecular flexibility index (Phi) is 4.08. The summed E-state index contributed by atoms with van der Waals surface area (Å²) in [7, 11) is -3.72. The Morgan fingerprint density at radius 2 is 1.81 bits per heavy atom. The molecular weight excluding hydrogens is 398 g/mol. The number of aryl methyl sites for hydroxylation is 1. The molecule has 0 saturated heterocycles. The van der Waals surface area contributed by atoms with Gasteiger partial charge in [0, 0.05) is 16.8 Å². The summed E-state index contributed by atoms with van der Waals surface area (Å²) in [4.78, 5) is 1.24. The standard InChI is InChI=1S/C19H19N3O2S3/c1-11-4-9-15-14(10-11)16-17(19(2,3)21-15)26-22(18(16)25)12-5-7-13(8-6-12)27(20,23)24/h4-10,21H,1-3H3,(H2,20,23,24). The van der Waals surface area contributed by atoms with Gasteiger partial charge < -0.3 is 5.32 Å². The topological polar surface area (TPSA) is 77.1 Å². The summed E-state index contributed by atoms with van der Waals surface area (Å²) in [5.41, 5.74) is 4.96. The van der Waals surface area contributed by atoms with Gasteiger partial charge in [-0.3, -0.25) is 3.96 Å². The molecule has 1 aliphatic rings. The van der Waals surface area contributed by atoms with Crippen LogP contribution in [0.3, 0.4) is 0 Å². The van der Waals surface area contributed by atoms with E-state index in [0.717, 1.165) is 32.0 Å². The lowest BCUT2D eigenvalue weighted by molar-refractivity contribution is 0.598. The van der Waals surface area contributed by atoms with Crippen LogP contribution < -0.4 is 10.5 Å². The summed E-state index contributed by atoms with van der Waals surface area (Å²) >= 11 is 7.40. The largest absolute Gasteiger partial charge is 0.375 e. The molecule has 2 aromatic carbocycles. The SMILES string of the molecule is Cc1ccc2c(c1)-c1c(sn(-c3ccc(S(N)(=O)=O)cc3)c1=S)C(C)(C)N2. The van der Waals surface area contributed by atoms with Crippen LogP contribution in [0.4, 0.5) is 5.69 Å². The zero-order valence-electron chi connectivity index (χ0n) is 15.1. The second-order valence-electron chi connectivity index (χ2n) is 7.23. The first kappa shape index (κ1) is 18.4. The summed E-state index contributed by atoms with van der Waals surface area (Å²) in [6.07, 6.45) is 0. The highest BCUT2D eigenvalue weighted by molar-refractivity contribution is 7.89. The Morgan fingerprint density at radius 1 is 1.15 bits per heavy atom. The van der Waals surface area contributed by atoms with Crippen LogP contribution >= 0.6 is 23.8 Å². The summed E-state index contributed by atoms with van der Waals surface area (Å²) in [5, 5.41) is 8.79. The summed E-state index contributed by atoms with van der Waals surface area (Å²) < 4.78 is 25.7. The first-order chi connectivity index (χ1) is 12.6. The highest BCUT2D eigenvalue weighted by Crippen LogP contribution is 2.47. The molecule has 3 N–H and O–H groups in total. The van der Waals surface area contributed by atoms with Gasteiger partial charge in [0.25, 0.3) is 0 Å². The molecule has 0 atom stereocenters. The van der Waals surface area contributed by atoms with E-state index in [1.165, 1.54) is 17.7 Å². The van der Waals surface area contributed by atoms with Crippen molar-refractivity contribution in [2.75, 3.05) is 5.32 Å². The molecule has 2 heterocycles. The average molecular weight is 418 g/mol. The molecule has 0 saturated carbocycles. The molecule has 5 nitrogen and oxygen atoms in total. The molecule has 0 amide bonds. The van der Waals surface area contributed by atoms with Crippen molar-refractivity contribution < 1.29 is 8.42 Å². The van der Waals surface area contributed by atoms with Gasteiger partial charge in [-0.15, -0.1) is 0 Å². The van der Waals surface area contributed by atoms with Gasteiger partial charge in [-0.1, -0.05) is 35.4 Å². The van der Waals surface area contributed by atoms with Crippen LogP contribution in [0, 0.1) is 11.6 Å². The smallest absolute Gasteiger partial charge is 0.238 e. The predicted octanol–water partition coefficient (Wildman–Crippen LogP) is 4.55. The van der Waals surface area contributed by atoms with Gasteiger partial charge in [0.1, 0.15) is 4.64 Å². The molecule has 27 heavy (non-hydrogen) atoms. The Balaban J connectivity index is 1.94. The zero-order chi connectivity index (χ0) is 19.6. The molecular formula is C19H19N3O2S3. The zero-order valence-corrected chi connectivity index (χ0v) is 17.6. The monoisotopic (exact) mass is 417 g/mol. The number of nitrogens with one attached hydrogen (secondary N) is 1. The molecule has 0 bridgehead atoms. The van der Waals surface area contributed by atoms with E-state index in [2.05, 4.69) is 44.3 Å². The van der Waals surface area contributed by atoms with Crippen molar-refractivity contribution in [3.63, 3.8) is 0 Å². The molecule has 4 rings (SSSR count). The number of sulfonamides is 1. The van der Waals surface area contributed by atoms with Crippen molar-refractivity contribution in [3.05, 3.63) is 57.5 Å². The molecule has 3 aromatic rings. The number of aromatic nitrogens is 1. The number of hydrogen-bond acceptors (Lipinski definition) is 5. The van der Waals surface area contributed by atoms with Gasteiger partial charge in [-0.25, -0.2) is 13.6 Å². The molecule has 1 aliphatic heterocycles. The Labute approximate surface area is 167 Å². The van der Waals surface area contributed by atoms with Crippen LogP contribution in [0.15, 0.2) is 47.4 Å². The van der Waals surface area contributed by atoms with Gasteiger partial charge in [0.15, 0.2) is 0 Å². The van der Waals surface area contributed by atoms with Crippen molar-refractivity contribution in [2.45, 2.75) is 31.2 Å². The maximum Gasteiger partial charge on any atom is 0.238 e. The van der Waals surface area contributed by atoms with Crippen molar-refractivity contribution in [2.24, 2.45) is 5.14 Å². The van der Waals surface area contributed by atoms with Gasteiger partial charge in [-0.2, -0.15) is 0 Å². The summed E-state index contributed by atoms with van der Waals surface area (Å²) in [5.74, 6) is 0. The lowest BCUT2D eigenvalue weighted by atomic mass is 9.89. The predicted molar refractivity (Wildman–Crippen MR) is 113 cm³/mol. The fraction of sp³-hybridized carbons (Fsp3) is 0.211. The van der Waals surface area contributed by atoms with Crippen molar-refractivity contribution >= 4 is 39.5 Å². The number of primary sulfonamides is 1. The minimum Gasteiger partial charge on any atom is -0.375 e. The third kappa shape index (κ3) is 3.02. The van der Waals surface area contributed by atoms with E-state index in [4.69, 9.17) is 17.4 Å². The highest BCUT2D eigenvalue weighted by Gasteiger charge is 2.34. The molecule has 0 aliphatic carbocycles. The average Bonchev–Trinajstić information content (AvgIpc) is 2.94. The first-order valence-corrected chi connectivity index (χ1v) is 11.1. The van der Waals surface area contributed by atoms with Crippen LogP contribution in [-0.4, -0.2) is 12.4 Å². The lowest BCUT2D eigenvalue weighted by Gasteiger charge is -2.33. The van der Waals surface area contributed by atoms with Crippen LogP contribution in [0.5, 0.6) is 0 Å². The first-order valence-electron chi connectivity index (χ1n) is 8.37. The number of rotatable bonds is 2. The molecule has 8 heteroatoms. The second kappa shape index (κ2) is 6.00. The maximum atomic E-state index is 11.5. The number of fused-ring (bicyclic) bond motifs is 3. The fourth-order valence-corrected chi connectivity index (χ4v) is 5.52. The molecule has 140 valence electrons. The lowest BCUT2D eigenvalue weighted by Crippen LogP contribution is -2.30. The van der Waals surface area contributed by atoms with E-state index in [1.807, 2.05) is 3.96 Å². The van der Waals surface area contributed by atoms with E-state index >= 15 is 0 Å². The number of benzene rings is 2. The number of hydrogen-bond donors (Lipinski definition) is 2. The Bertz CT molecular complexity index is 1220. The Hall–Kier alpha value is -2.00. The van der Waals surface area contributed by atoms with Gasteiger partial charge in [0.2, 0.25) is 10.0 Å². The van der Waals surface area contributed by atoms with E-state index in [0.29, 0.717) is 0 Å². The van der Waals surface area contributed by atoms with E-state index in [1.54, 1.807) is 23.7 Å². The number of nitrogens with zero attached hydrogens (tertiary/aromatic N) is 1. The van der Waals surface area contributed by atoms with E-state index in [-0.39, 0.29) is 10.4 Å². The fourth-order valence-electron chi connectivity index (χ4n) is 3.35. The van der Waals surface area contributed by atoms with Gasteiger partial charge in [-0.05, 0) is 57.2 Å². The maximum absolute atomic E-state index is 11.5. The summed E-state index contributed by atoms with van der Waals surface area (Å²) in [6, 6.07) is 12.8. The number of anilines is 1. The minimum atomic E-state index is -3.72. The van der Waals surface area contributed by atoms with Crippen LogP contribution in [0.1, 0.15) is 24.3 Å². The Morgan fingerprint density at radius 3 is 2.44 bits per heavy atom. The molecule has 0 fully saturated rings. The third-order valence-electron chi connectivity index (χ3n) is 4.67. The van der Waals surface area contributed by atoms with Crippen molar-refractivity contribution in [1.82, 2.24) is 3.96 Å². The number of nitrogens with two attached hydrogens (primary N) is 1. The van der Waals surface area contributed by atoms with Gasteiger partial charge >= 0.3 is 0 Å². The van der Waals surface area contributed by atoms with Crippen LogP contribution in [-0.2, 0) is 15.6 Å². The summed E-state index contributed by atoms with van der Waals surface area (Å²) in [6.45, 7) is 6.33. The molecule has 1 aromatic heterocycles. The van der Waals surface area contributed by atoms with E-state index in [9.17, 15) is 8.42 Å². The normalized spacial score (nSPS) is 15.0. The van der Waals surface area contributed by atoms with Crippen LogP contribution in [0.25, 0.3) is 16.8 Å². The van der Waals surface area contributed by atoms with Gasteiger partial charge in [0.05, 0.1) is 21.0 Å². The highest BCUT2D eigenvalue weighted by atomic mass is 32.2. The molecule has 0 spiro atoms. The van der Waals surface area contributed by atoms with E-state index < -0.39 is 10.0 Å².